The van der Waals surface area contributed by atoms with Crippen LogP contribution >= 0.6 is 23.1 Å². The van der Waals surface area contributed by atoms with Crippen LogP contribution in [-0.4, -0.2) is 43.0 Å². The Morgan fingerprint density at radius 3 is 2.83 bits per heavy atom. The van der Waals surface area contributed by atoms with Gasteiger partial charge in [0.05, 0.1) is 17.7 Å². The Morgan fingerprint density at radius 1 is 1.39 bits per heavy atom. The number of aryl methyl sites for hydroxylation is 1. The van der Waals surface area contributed by atoms with Crippen molar-refractivity contribution in [3.63, 3.8) is 0 Å². The first-order valence-corrected chi connectivity index (χ1v) is 10.6. The molecule has 0 spiro atoms. The van der Waals surface area contributed by atoms with E-state index in [1.807, 2.05) is 6.92 Å². The van der Waals surface area contributed by atoms with Gasteiger partial charge in [-0.25, -0.2) is 8.42 Å². The molecule has 2 aromatic rings. The first kappa shape index (κ1) is 16.4. The highest BCUT2D eigenvalue weighted by Crippen LogP contribution is 2.31. The Balaban J connectivity index is 1.73. The molecule has 0 amide bonds. The molecule has 0 radical (unpaired) electrons. The van der Waals surface area contributed by atoms with E-state index < -0.39 is 10.0 Å². The quantitative estimate of drug-likeness (QED) is 0.593. The molecule has 9 heteroatoms. The van der Waals surface area contributed by atoms with E-state index in [-0.39, 0.29) is 5.78 Å². The molecule has 0 aliphatic carbocycles. The maximum Gasteiger partial charge on any atom is 0.232 e. The minimum Gasteiger partial charge on any atom is -0.293 e. The number of Topliss-reactive ketones (excluding diaryl/α,β-unsaturated/α-hetero) is 1. The Bertz CT molecular complexity index is 861. The molecule has 0 unspecified atom stereocenters. The number of thioether (sulfide) groups is 1. The standard InChI is InChI=1S/C14H15N3O3S3/c1-9-15-16-14(22-9)21-8-13(18)11-3-4-12-10(7-11)5-6-17(12)23(2,19)20/h3-4,7H,5-6,8H2,1-2H3. The first-order valence-electron chi connectivity index (χ1n) is 6.91. The molecule has 2 heterocycles. The molecule has 1 aliphatic heterocycles. The molecule has 0 fully saturated rings. The number of hydrogen-bond acceptors (Lipinski definition) is 7. The van der Waals surface area contributed by atoms with E-state index in [0.29, 0.717) is 30.0 Å². The lowest BCUT2D eigenvalue weighted by atomic mass is 10.1. The number of carbonyl (C=O) groups is 1. The van der Waals surface area contributed by atoms with Gasteiger partial charge in [-0.1, -0.05) is 23.1 Å². The van der Waals surface area contributed by atoms with Crippen LogP contribution in [-0.2, 0) is 16.4 Å². The van der Waals surface area contributed by atoms with Crippen molar-refractivity contribution in [1.82, 2.24) is 10.2 Å². The third-order valence-electron chi connectivity index (χ3n) is 3.49. The van der Waals surface area contributed by atoms with Crippen LogP contribution in [0.2, 0.25) is 0 Å². The van der Waals surface area contributed by atoms with Gasteiger partial charge in [-0.15, -0.1) is 10.2 Å². The number of aromatic nitrogens is 2. The van der Waals surface area contributed by atoms with Gasteiger partial charge in [-0.05, 0) is 37.1 Å². The van der Waals surface area contributed by atoms with Crippen molar-refractivity contribution in [3.05, 3.63) is 34.3 Å². The second-order valence-corrected chi connectivity index (χ2v) is 9.54. The Labute approximate surface area is 143 Å². The average molecular weight is 369 g/mol. The molecule has 122 valence electrons. The average Bonchev–Trinajstić information content (AvgIpc) is 3.09. The van der Waals surface area contributed by atoms with E-state index >= 15 is 0 Å². The van der Waals surface area contributed by atoms with Crippen LogP contribution in [0.15, 0.2) is 22.5 Å². The van der Waals surface area contributed by atoms with E-state index in [1.54, 1.807) is 18.2 Å². The van der Waals surface area contributed by atoms with E-state index in [9.17, 15) is 13.2 Å². The van der Waals surface area contributed by atoms with Crippen molar-refractivity contribution in [2.24, 2.45) is 0 Å². The minimum absolute atomic E-state index is 0.00320. The number of fused-ring (bicyclic) bond motifs is 1. The van der Waals surface area contributed by atoms with Crippen LogP contribution in [0, 0.1) is 6.92 Å². The van der Waals surface area contributed by atoms with Crippen LogP contribution in [0.3, 0.4) is 0 Å². The molecule has 0 bridgehead atoms. The SMILES string of the molecule is Cc1nnc(SCC(=O)c2ccc3c(c2)CCN3S(C)(=O)=O)s1. The topological polar surface area (TPSA) is 80.2 Å². The van der Waals surface area contributed by atoms with E-state index in [2.05, 4.69) is 10.2 Å². The number of anilines is 1. The number of rotatable bonds is 5. The second kappa shape index (κ2) is 6.21. The van der Waals surface area contributed by atoms with Gasteiger partial charge in [0.15, 0.2) is 10.1 Å². The summed E-state index contributed by atoms with van der Waals surface area (Å²) in [5.41, 5.74) is 2.18. The summed E-state index contributed by atoms with van der Waals surface area (Å²) in [6, 6.07) is 5.21. The largest absolute Gasteiger partial charge is 0.293 e. The smallest absolute Gasteiger partial charge is 0.232 e. The van der Waals surface area contributed by atoms with E-state index in [0.717, 1.165) is 14.9 Å². The zero-order chi connectivity index (χ0) is 16.6. The van der Waals surface area contributed by atoms with Gasteiger partial charge in [0, 0.05) is 12.1 Å². The lowest BCUT2D eigenvalue weighted by Gasteiger charge is -2.16. The van der Waals surface area contributed by atoms with Crippen LogP contribution in [0.4, 0.5) is 5.69 Å². The van der Waals surface area contributed by atoms with Crippen molar-refractivity contribution in [2.75, 3.05) is 22.9 Å². The van der Waals surface area contributed by atoms with Crippen molar-refractivity contribution in [3.8, 4) is 0 Å². The molecular weight excluding hydrogens is 354 g/mol. The molecule has 1 aromatic heterocycles. The molecule has 1 aliphatic rings. The number of hydrogen-bond donors (Lipinski definition) is 0. The summed E-state index contributed by atoms with van der Waals surface area (Å²) in [6.07, 6.45) is 1.83. The van der Waals surface area contributed by atoms with Crippen molar-refractivity contribution >= 4 is 44.6 Å². The third kappa shape index (κ3) is 3.56. The summed E-state index contributed by atoms with van der Waals surface area (Å²) in [5, 5.41) is 8.78. The minimum atomic E-state index is -3.26. The number of benzene rings is 1. The highest BCUT2D eigenvalue weighted by Gasteiger charge is 2.26. The molecule has 6 nitrogen and oxygen atoms in total. The normalized spacial score (nSPS) is 14.1. The molecule has 3 rings (SSSR count). The summed E-state index contributed by atoms with van der Waals surface area (Å²) in [7, 11) is -3.26. The molecule has 0 N–H and O–H groups in total. The lowest BCUT2D eigenvalue weighted by Crippen LogP contribution is -2.27. The Kier molecular flexibility index (Phi) is 4.43. The Hall–Kier alpha value is -1.45. The van der Waals surface area contributed by atoms with E-state index in [4.69, 9.17) is 0 Å². The fourth-order valence-electron chi connectivity index (χ4n) is 2.44. The number of nitrogens with zero attached hydrogens (tertiary/aromatic N) is 3. The number of ketones is 1. The third-order valence-corrected chi connectivity index (χ3v) is 6.64. The van der Waals surface area contributed by atoms with Crippen LogP contribution in [0.25, 0.3) is 0 Å². The van der Waals surface area contributed by atoms with E-state index in [1.165, 1.54) is 33.7 Å². The fourth-order valence-corrected chi connectivity index (χ4v) is 5.11. The summed E-state index contributed by atoms with van der Waals surface area (Å²) in [4.78, 5) is 12.3. The molecule has 0 atom stereocenters. The number of carbonyl (C=O) groups excluding carboxylic acids is 1. The zero-order valence-electron chi connectivity index (χ0n) is 12.6. The molecule has 1 aromatic carbocycles. The molecule has 0 saturated carbocycles. The van der Waals surface area contributed by atoms with Crippen LogP contribution in [0.1, 0.15) is 20.9 Å². The second-order valence-electron chi connectivity index (χ2n) is 5.23. The van der Waals surface area contributed by atoms with Gasteiger partial charge in [0.1, 0.15) is 5.01 Å². The lowest BCUT2D eigenvalue weighted by molar-refractivity contribution is 0.102. The van der Waals surface area contributed by atoms with Gasteiger partial charge >= 0.3 is 0 Å². The predicted molar refractivity (Wildman–Crippen MR) is 92.0 cm³/mol. The summed E-state index contributed by atoms with van der Waals surface area (Å²) >= 11 is 2.83. The highest BCUT2D eigenvalue weighted by molar-refractivity contribution is 8.01. The van der Waals surface area contributed by atoms with Gasteiger partial charge < -0.3 is 0 Å². The fraction of sp³-hybridized carbons (Fsp3) is 0.357. The molecule has 0 saturated heterocycles. The van der Waals surface area contributed by atoms with Crippen LogP contribution in [0.5, 0.6) is 0 Å². The maximum absolute atomic E-state index is 12.3. The predicted octanol–water partition coefficient (Wildman–Crippen LogP) is 2.14. The monoisotopic (exact) mass is 369 g/mol. The van der Waals surface area contributed by atoms with Gasteiger partial charge in [-0.2, -0.15) is 0 Å². The van der Waals surface area contributed by atoms with Gasteiger partial charge in [0.25, 0.3) is 0 Å². The zero-order valence-corrected chi connectivity index (χ0v) is 15.1. The summed E-state index contributed by atoms with van der Waals surface area (Å²) in [6.45, 7) is 2.31. The highest BCUT2D eigenvalue weighted by atomic mass is 32.2. The first-order chi connectivity index (χ1) is 10.8. The van der Waals surface area contributed by atoms with Crippen molar-refractivity contribution in [2.45, 2.75) is 17.7 Å². The van der Waals surface area contributed by atoms with Gasteiger partial charge in [-0.3, -0.25) is 9.10 Å². The maximum atomic E-state index is 12.3. The summed E-state index contributed by atoms with van der Waals surface area (Å²) < 4.78 is 25.6. The number of sulfonamides is 1. The van der Waals surface area contributed by atoms with Crippen molar-refractivity contribution in [1.29, 1.82) is 0 Å². The Morgan fingerprint density at radius 2 is 2.17 bits per heavy atom. The molecule has 23 heavy (non-hydrogen) atoms. The molecular formula is C14H15N3O3S3. The van der Waals surface area contributed by atoms with Crippen LogP contribution < -0.4 is 4.31 Å². The summed E-state index contributed by atoms with van der Waals surface area (Å²) in [5.74, 6) is 0.298. The van der Waals surface area contributed by atoms with Gasteiger partial charge in [0.2, 0.25) is 10.0 Å². The van der Waals surface area contributed by atoms with Crippen molar-refractivity contribution < 1.29 is 13.2 Å².